The molecule has 1 heterocycles. The van der Waals surface area contributed by atoms with Crippen LogP contribution >= 0.6 is 0 Å². The van der Waals surface area contributed by atoms with Crippen LogP contribution in [-0.2, 0) is 4.79 Å². The number of primary amides is 1. The summed E-state index contributed by atoms with van der Waals surface area (Å²) >= 11 is 0. The molecule has 2 N–H and O–H groups in total. The molecule has 1 amide bonds. The van der Waals surface area contributed by atoms with E-state index in [2.05, 4.69) is 11.0 Å². The van der Waals surface area contributed by atoms with Gasteiger partial charge in [0.05, 0.1) is 6.07 Å². The fourth-order valence-electron chi connectivity index (χ4n) is 2.94. The monoisotopic (exact) mass is 220 g/mol. The van der Waals surface area contributed by atoms with Crippen molar-refractivity contribution in [3.05, 3.63) is 5.92 Å². The lowest BCUT2D eigenvalue weighted by Crippen LogP contribution is -2.44. The fraction of sp³-hybridized carbons (Fsp3) is 0.750. The van der Waals surface area contributed by atoms with Crippen LogP contribution in [0, 0.1) is 23.2 Å². The van der Waals surface area contributed by atoms with E-state index in [-0.39, 0.29) is 5.91 Å². The van der Waals surface area contributed by atoms with Crippen molar-refractivity contribution in [2.24, 2.45) is 11.7 Å². The van der Waals surface area contributed by atoms with Gasteiger partial charge >= 0.3 is 0 Å². The molecular formula is C12H18N3O. The quantitative estimate of drug-likeness (QED) is 0.766. The van der Waals surface area contributed by atoms with Crippen molar-refractivity contribution in [1.82, 2.24) is 4.90 Å². The van der Waals surface area contributed by atoms with E-state index in [1.54, 1.807) is 0 Å². The molecule has 1 atom stereocenters. The van der Waals surface area contributed by atoms with Crippen molar-refractivity contribution in [3.8, 4) is 6.07 Å². The Morgan fingerprint density at radius 2 is 2.19 bits per heavy atom. The maximum Gasteiger partial charge on any atom is 0.236 e. The Morgan fingerprint density at radius 1 is 1.50 bits per heavy atom. The number of amides is 1. The highest BCUT2D eigenvalue weighted by molar-refractivity contribution is 5.84. The number of carbonyl (C=O) groups is 1. The maximum atomic E-state index is 11.4. The summed E-state index contributed by atoms with van der Waals surface area (Å²) in [6, 6.07) is 1.70. The van der Waals surface area contributed by atoms with Crippen molar-refractivity contribution in [3.63, 3.8) is 0 Å². The third-order valence-electron chi connectivity index (χ3n) is 3.74. The van der Waals surface area contributed by atoms with Gasteiger partial charge in [-0.05, 0) is 25.2 Å². The lowest BCUT2D eigenvalue weighted by molar-refractivity contribution is -0.121. The first-order valence-corrected chi connectivity index (χ1v) is 6.01. The number of nitrogens with two attached hydrogens (primary N) is 1. The molecule has 1 saturated carbocycles. The SMILES string of the molecule is N#C[C]1CCN(CC2CCCC2)C1C(N)=O. The first-order valence-electron chi connectivity index (χ1n) is 6.01. The molecule has 1 aliphatic carbocycles. The van der Waals surface area contributed by atoms with Gasteiger partial charge in [-0.1, -0.05) is 12.8 Å². The minimum Gasteiger partial charge on any atom is -0.368 e. The number of likely N-dealkylation sites (tertiary alicyclic amines) is 1. The minimum absolute atomic E-state index is 0.368. The van der Waals surface area contributed by atoms with E-state index in [1.165, 1.54) is 25.7 Å². The van der Waals surface area contributed by atoms with Gasteiger partial charge in [0, 0.05) is 13.1 Å². The van der Waals surface area contributed by atoms with E-state index in [4.69, 9.17) is 11.0 Å². The normalized spacial score (nSPS) is 28.3. The lowest BCUT2D eigenvalue weighted by atomic mass is 10.0. The van der Waals surface area contributed by atoms with Crippen LogP contribution in [-0.4, -0.2) is 29.9 Å². The van der Waals surface area contributed by atoms with Crippen molar-refractivity contribution in [2.45, 2.75) is 38.1 Å². The fourth-order valence-corrected chi connectivity index (χ4v) is 2.94. The molecule has 0 bridgehead atoms. The Balaban J connectivity index is 1.98. The van der Waals surface area contributed by atoms with Crippen LogP contribution in [0.5, 0.6) is 0 Å². The third-order valence-corrected chi connectivity index (χ3v) is 3.74. The predicted molar refractivity (Wildman–Crippen MR) is 60.0 cm³/mol. The number of nitriles is 1. The molecule has 0 aromatic heterocycles. The molecule has 2 fully saturated rings. The minimum atomic E-state index is -0.425. The van der Waals surface area contributed by atoms with Gasteiger partial charge in [-0.2, -0.15) is 5.26 Å². The summed E-state index contributed by atoms with van der Waals surface area (Å²) in [7, 11) is 0. The van der Waals surface area contributed by atoms with Gasteiger partial charge in [0.2, 0.25) is 5.91 Å². The van der Waals surface area contributed by atoms with Crippen LogP contribution in [0.15, 0.2) is 0 Å². The van der Waals surface area contributed by atoms with Gasteiger partial charge < -0.3 is 5.73 Å². The summed E-state index contributed by atoms with van der Waals surface area (Å²) in [6.07, 6.45) is 5.81. The predicted octanol–water partition coefficient (Wildman–Crippen LogP) is 0.834. The summed E-state index contributed by atoms with van der Waals surface area (Å²) in [5, 5.41) is 8.94. The van der Waals surface area contributed by atoms with Crippen molar-refractivity contribution in [1.29, 1.82) is 5.26 Å². The number of carbonyl (C=O) groups excluding carboxylic acids is 1. The second kappa shape index (κ2) is 4.84. The summed E-state index contributed by atoms with van der Waals surface area (Å²) in [5.41, 5.74) is 5.38. The first-order chi connectivity index (χ1) is 7.72. The van der Waals surface area contributed by atoms with E-state index < -0.39 is 6.04 Å². The maximum absolute atomic E-state index is 11.4. The Kier molecular flexibility index (Phi) is 3.45. The number of hydrogen-bond acceptors (Lipinski definition) is 3. The van der Waals surface area contributed by atoms with Crippen LogP contribution in [0.3, 0.4) is 0 Å². The smallest absolute Gasteiger partial charge is 0.236 e. The van der Waals surface area contributed by atoms with Crippen LogP contribution in [0.2, 0.25) is 0 Å². The molecular weight excluding hydrogens is 202 g/mol. The van der Waals surface area contributed by atoms with Crippen molar-refractivity contribution in [2.75, 3.05) is 13.1 Å². The summed E-state index contributed by atoms with van der Waals surface area (Å²) in [5.74, 6) is 0.970. The molecule has 1 unspecified atom stereocenters. The Morgan fingerprint density at radius 3 is 2.75 bits per heavy atom. The van der Waals surface area contributed by atoms with Crippen molar-refractivity contribution < 1.29 is 4.79 Å². The van der Waals surface area contributed by atoms with Gasteiger partial charge in [0.25, 0.3) is 0 Å². The number of rotatable bonds is 3. The van der Waals surface area contributed by atoms with Gasteiger partial charge in [0.15, 0.2) is 0 Å². The molecule has 0 spiro atoms. The Bertz CT molecular complexity index is 304. The Labute approximate surface area is 96.4 Å². The van der Waals surface area contributed by atoms with Crippen LogP contribution in [0.4, 0.5) is 0 Å². The highest BCUT2D eigenvalue weighted by Gasteiger charge is 2.39. The third kappa shape index (κ3) is 2.19. The highest BCUT2D eigenvalue weighted by atomic mass is 16.1. The van der Waals surface area contributed by atoms with Gasteiger partial charge in [-0.3, -0.25) is 9.69 Å². The molecule has 1 aliphatic heterocycles. The summed E-state index contributed by atoms with van der Waals surface area (Å²) in [6.45, 7) is 1.74. The zero-order chi connectivity index (χ0) is 11.5. The van der Waals surface area contributed by atoms with E-state index in [9.17, 15) is 4.79 Å². The second-order valence-electron chi connectivity index (χ2n) is 4.84. The molecule has 0 aromatic rings. The van der Waals surface area contributed by atoms with E-state index in [0.717, 1.165) is 13.1 Å². The lowest BCUT2D eigenvalue weighted by Gasteiger charge is -2.25. The topological polar surface area (TPSA) is 70.1 Å². The first kappa shape index (κ1) is 11.4. The summed E-state index contributed by atoms with van der Waals surface area (Å²) in [4.78, 5) is 13.5. The van der Waals surface area contributed by atoms with E-state index in [0.29, 0.717) is 18.3 Å². The zero-order valence-electron chi connectivity index (χ0n) is 9.48. The number of hydrogen-bond donors (Lipinski definition) is 1. The molecule has 4 heteroatoms. The Hall–Kier alpha value is -1.08. The van der Waals surface area contributed by atoms with Crippen LogP contribution < -0.4 is 5.73 Å². The highest BCUT2D eigenvalue weighted by Crippen LogP contribution is 2.31. The standard InChI is InChI=1S/C12H18N3O/c13-7-10-5-6-15(11(10)12(14)16)8-9-3-1-2-4-9/h9,11H,1-6,8H2,(H2,14,16). The molecule has 4 nitrogen and oxygen atoms in total. The average Bonchev–Trinajstić information content (AvgIpc) is 2.87. The number of nitrogens with zero attached hydrogens (tertiary/aromatic N) is 2. The molecule has 16 heavy (non-hydrogen) atoms. The molecule has 1 radical (unpaired) electrons. The second-order valence-corrected chi connectivity index (χ2v) is 4.84. The zero-order valence-corrected chi connectivity index (χ0v) is 9.48. The largest absolute Gasteiger partial charge is 0.368 e. The van der Waals surface area contributed by atoms with Crippen molar-refractivity contribution >= 4 is 5.91 Å². The molecule has 2 rings (SSSR count). The average molecular weight is 220 g/mol. The van der Waals surface area contributed by atoms with Crippen LogP contribution in [0.25, 0.3) is 0 Å². The molecule has 87 valence electrons. The van der Waals surface area contributed by atoms with Gasteiger partial charge in [0.1, 0.15) is 12.0 Å². The summed E-state index contributed by atoms with van der Waals surface area (Å²) < 4.78 is 0. The molecule has 0 aromatic carbocycles. The van der Waals surface area contributed by atoms with E-state index >= 15 is 0 Å². The molecule has 2 aliphatic rings. The van der Waals surface area contributed by atoms with E-state index in [1.807, 2.05) is 0 Å². The van der Waals surface area contributed by atoms with Gasteiger partial charge in [-0.15, -0.1) is 0 Å². The molecule has 1 saturated heterocycles. The van der Waals surface area contributed by atoms with Crippen LogP contribution in [0.1, 0.15) is 32.1 Å². The van der Waals surface area contributed by atoms with Gasteiger partial charge in [-0.25, -0.2) is 0 Å².